The summed E-state index contributed by atoms with van der Waals surface area (Å²) in [6.07, 6.45) is 1.53. The molecule has 4 rings (SSSR count). The molecule has 164 valence electrons. The number of halogens is 2. The van der Waals surface area contributed by atoms with Crippen molar-refractivity contribution in [1.29, 1.82) is 0 Å². The number of imidazole rings is 1. The molecule has 0 bridgehead atoms. The first-order valence-electron chi connectivity index (χ1n) is 10.1. The van der Waals surface area contributed by atoms with E-state index in [1.165, 1.54) is 21.2 Å². The molecule has 3 heterocycles. The van der Waals surface area contributed by atoms with E-state index in [0.717, 1.165) is 25.0 Å². The molecule has 1 amide bonds. The van der Waals surface area contributed by atoms with Crippen molar-refractivity contribution in [1.82, 2.24) is 24.4 Å². The van der Waals surface area contributed by atoms with Crippen molar-refractivity contribution >= 4 is 28.9 Å². The maximum absolute atomic E-state index is 13.7. The van der Waals surface area contributed by atoms with E-state index in [2.05, 4.69) is 15.0 Å². The summed E-state index contributed by atoms with van der Waals surface area (Å²) in [5.41, 5.74) is 1.85. The van der Waals surface area contributed by atoms with Crippen molar-refractivity contribution in [2.24, 2.45) is 5.92 Å². The van der Waals surface area contributed by atoms with Crippen LogP contribution in [0.2, 0.25) is 0 Å². The van der Waals surface area contributed by atoms with Crippen molar-refractivity contribution in [3.63, 3.8) is 0 Å². The van der Waals surface area contributed by atoms with Crippen LogP contribution in [0.25, 0.3) is 16.9 Å². The molecule has 1 aliphatic rings. The van der Waals surface area contributed by atoms with Gasteiger partial charge >= 0.3 is 6.09 Å². The Morgan fingerprint density at radius 3 is 2.81 bits per heavy atom. The number of carboxylic acid groups (broad SMARTS) is 1. The highest BCUT2D eigenvalue weighted by atomic mass is 32.2. The van der Waals surface area contributed by atoms with E-state index in [1.54, 1.807) is 30.3 Å². The van der Waals surface area contributed by atoms with Gasteiger partial charge in [-0.2, -0.15) is 0 Å². The molecular formula is C21H23F2N5O2S. The predicted molar refractivity (Wildman–Crippen MR) is 114 cm³/mol. The lowest BCUT2D eigenvalue weighted by Crippen LogP contribution is -2.26. The first kappa shape index (κ1) is 21.5. The minimum absolute atomic E-state index is 0.336. The first-order valence-corrected chi connectivity index (χ1v) is 11.3. The highest BCUT2D eigenvalue weighted by Crippen LogP contribution is 2.28. The van der Waals surface area contributed by atoms with Crippen molar-refractivity contribution in [3.05, 3.63) is 41.9 Å². The van der Waals surface area contributed by atoms with Gasteiger partial charge in [0.05, 0.1) is 11.0 Å². The maximum Gasteiger partial charge on any atom is 0.407 e. The second kappa shape index (κ2) is 9.17. The van der Waals surface area contributed by atoms with Crippen molar-refractivity contribution in [2.75, 3.05) is 19.3 Å². The monoisotopic (exact) mass is 447 g/mol. The van der Waals surface area contributed by atoms with Crippen LogP contribution in [0.1, 0.15) is 37.2 Å². The number of hydrogen-bond donors (Lipinski definition) is 1. The minimum atomic E-state index is -2.73. The molecular weight excluding hydrogens is 424 g/mol. The van der Waals surface area contributed by atoms with Gasteiger partial charge < -0.3 is 10.0 Å². The zero-order valence-corrected chi connectivity index (χ0v) is 17.9. The number of aryl methyl sites for hydroxylation is 1. The number of carbonyl (C=O) groups is 1. The molecule has 1 atom stereocenters. The molecule has 1 aromatic carbocycles. The van der Waals surface area contributed by atoms with Gasteiger partial charge in [-0.1, -0.05) is 23.9 Å². The number of thioether (sulfide) groups is 1. The van der Waals surface area contributed by atoms with Crippen LogP contribution in [0.4, 0.5) is 13.6 Å². The van der Waals surface area contributed by atoms with E-state index in [0.29, 0.717) is 47.4 Å². The molecule has 1 aliphatic heterocycles. The fraction of sp³-hybridized carbons (Fsp3) is 0.429. The number of amides is 1. The number of aromatic nitrogens is 4. The number of alkyl halides is 2. The van der Waals surface area contributed by atoms with E-state index in [9.17, 15) is 13.6 Å². The van der Waals surface area contributed by atoms with Gasteiger partial charge in [0.15, 0.2) is 11.0 Å². The number of nitrogens with zero attached hydrogens (tertiary/aromatic N) is 5. The second-order valence-corrected chi connectivity index (χ2v) is 8.35. The molecule has 0 radical (unpaired) electrons. The largest absolute Gasteiger partial charge is 0.465 e. The molecule has 2 aromatic heterocycles. The molecule has 1 N–H and O–H groups in total. The van der Waals surface area contributed by atoms with Crippen LogP contribution in [0, 0.1) is 5.92 Å². The number of likely N-dealkylation sites (tertiary alicyclic amines) is 1. The third kappa shape index (κ3) is 4.63. The lowest BCUT2D eigenvalue weighted by atomic mass is 10.0. The van der Waals surface area contributed by atoms with Crippen molar-refractivity contribution < 1.29 is 18.7 Å². The van der Waals surface area contributed by atoms with Crippen LogP contribution in [0.5, 0.6) is 0 Å². The average molecular weight is 448 g/mol. The Kier molecular flexibility index (Phi) is 6.35. The molecule has 0 saturated carbocycles. The van der Waals surface area contributed by atoms with Crippen molar-refractivity contribution in [2.45, 2.75) is 37.3 Å². The van der Waals surface area contributed by atoms with E-state index < -0.39 is 12.5 Å². The van der Waals surface area contributed by atoms with E-state index in [4.69, 9.17) is 5.11 Å². The Morgan fingerprint density at radius 2 is 2.10 bits per heavy atom. The molecule has 1 saturated heterocycles. The standard InChI is InChI=1S/C21H23F2N5O2S/c1-31-20-24-14(6-4-5-13-9-10-27(12-13)21(29)30)11-17(26-20)28-16-8-3-2-7-15(16)25-19(28)18(22)23/h2-3,7-8,11,13,18H,4-6,9-10,12H2,1H3,(H,29,30)/t13-/m0/s1. The Labute approximate surface area is 182 Å². The number of para-hydroxylation sites is 2. The van der Waals surface area contributed by atoms with Crippen molar-refractivity contribution in [3.8, 4) is 5.82 Å². The summed E-state index contributed by atoms with van der Waals surface area (Å²) in [6.45, 7) is 1.15. The van der Waals surface area contributed by atoms with Gasteiger partial charge in [-0.25, -0.2) is 28.5 Å². The van der Waals surface area contributed by atoms with Crippen LogP contribution in [-0.4, -0.2) is 55.0 Å². The van der Waals surface area contributed by atoms with Gasteiger partial charge in [0, 0.05) is 24.8 Å². The van der Waals surface area contributed by atoms with Gasteiger partial charge in [0.25, 0.3) is 6.43 Å². The average Bonchev–Trinajstić information content (AvgIpc) is 3.38. The molecule has 7 nitrogen and oxygen atoms in total. The first-order chi connectivity index (χ1) is 15.0. The molecule has 1 fully saturated rings. The Balaban J connectivity index is 1.57. The maximum atomic E-state index is 13.7. The van der Waals surface area contributed by atoms with E-state index in [1.807, 2.05) is 6.26 Å². The third-order valence-electron chi connectivity index (χ3n) is 5.54. The molecule has 0 aliphatic carbocycles. The van der Waals surface area contributed by atoms with Crippen LogP contribution in [0.15, 0.2) is 35.5 Å². The minimum Gasteiger partial charge on any atom is -0.465 e. The van der Waals surface area contributed by atoms with E-state index >= 15 is 0 Å². The van der Waals surface area contributed by atoms with Gasteiger partial charge in [-0.05, 0) is 50.0 Å². The zero-order valence-electron chi connectivity index (χ0n) is 17.0. The van der Waals surface area contributed by atoms with Gasteiger partial charge in [-0.15, -0.1) is 0 Å². The quantitative estimate of drug-likeness (QED) is 0.414. The lowest BCUT2D eigenvalue weighted by molar-refractivity contribution is 0.139. The fourth-order valence-corrected chi connectivity index (χ4v) is 4.43. The summed E-state index contributed by atoms with van der Waals surface area (Å²) >= 11 is 1.36. The number of fused-ring (bicyclic) bond motifs is 1. The molecule has 0 unspecified atom stereocenters. The summed E-state index contributed by atoms with van der Waals surface area (Å²) in [7, 11) is 0. The summed E-state index contributed by atoms with van der Waals surface area (Å²) < 4.78 is 28.9. The number of hydrogen-bond acceptors (Lipinski definition) is 5. The van der Waals surface area contributed by atoms with Gasteiger partial charge in [0.2, 0.25) is 0 Å². The number of benzene rings is 1. The fourth-order valence-electron chi connectivity index (χ4n) is 4.04. The molecule has 3 aromatic rings. The summed E-state index contributed by atoms with van der Waals surface area (Å²) in [6, 6.07) is 8.76. The lowest BCUT2D eigenvalue weighted by Gasteiger charge is -2.13. The summed E-state index contributed by atoms with van der Waals surface area (Å²) in [5, 5.41) is 9.61. The highest BCUT2D eigenvalue weighted by molar-refractivity contribution is 7.98. The van der Waals surface area contributed by atoms with Crippen LogP contribution in [-0.2, 0) is 6.42 Å². The molecule has 0 spiro atoms. The number of rotatable bonds is 7. The molecule has 10 heteroatoms. The van der Waals surface area contributed by atoms with Crippen LogP contribution < -0.4 is 0 Å². The highest BCUT2D eigenvalue weighted by Gasteiger charge is 2.25. The van der Waals surface area contributed by atoms with Gasteiger partial charge in [0.1, 0.15) is 5.82 Å². The zero-order chi connectivity index (χ0) is 22.0. The summed E-state index contributed by atoms with van der Waals surface area (Å²) in [5.74, 6) is 0.398. The Morgan fingerprint density at radius 1 is 1.29 bits per heavy atom. The normalized spacial score (nSPS) is 16.5. The van der Waals surface area contributed by atoms with E-state index in [-0.39, 0.29) is 5.82 Å². The topological polar surface area (TPSA) is 84.1 Å². The Bertz CT molecular complexity index is 1090. The van der Waals surface area contributed by atoms with Crippen LogP contribution >= 0.6 is 11.8 Å². The third-order valence-corrected chi connectivity index (χ3v) is 6.09. The van der Waals surface area contributed by atoms with Crippen LogP contribution in [0.3, 0.4) is 0 Å². The molecule has 31 heavy (non-hydrogen) atoms. The predicted octanol–water partition coefficient (Wildman–Crippen LogP) is 4.80. The smallest absolute Gasteiger partial charge is 0.407 e. The second-order valence-electron chi connectivity index (χ2n) is 7.57. The summed E-state index contributed by atoms with van der Waals surface area (Å²) in [4.78, 5) is 25.7. The SMILES string of the molecule is CSc1nc(CCC[C@H]2CCN(C(=O)O)C2)cc(-n2c(C(F)F)nc3ccccc32)n1. The van der Waals surface area contributed by atoms with Gasteiger partial charge in [-0.3, -0.25) is 4.57 Å². The Hall–Kier alpha value is -2.75.